The summed E-state index contributed by atoms with van der Waals surface area (Å²) >= 11 is 1.29. The molecule has 1 aliphatic rings. The van der Waals surface area contributed by atoms with Gasteiger partial charge in [-0.3, -0.25) is 4.79 Å². The highest BCUT2D eigenvalue weighted by molar-refractivity contribution is 7.15. The van der Waals surface area contributed by atoms with Gasteiger partial charge in [-0.15, -0.1) is 5.10 Å². The van der Waals surface area contributed by atoms with Crippen molar-refractivity contribution in [1.82, 2.24) is 24.4 Å². The molecule has 6 aromatic rings. The quantitative estimate of drug-likeness (QED) is 0.367. The summed E-state index contributed by atoms with van der Waals surface area (Å²) in [5.74, 6) is 1.83. The van der Waals surface area contributed by atoms with E-state index in [9.17, 15) is 4.79 Å². The number of nitrogens with zero attached hydrogens (tertiary/aromatic N) is 5. The Morgan fingerprint density at radius 3 is 2.78 bits per heavy atom. The molecule has 176 valence electrons. The first-order valence-electron chi connectivity index (χ1n) is 11.5. The minimum Gasteiger partial charge on any atom is -0.490 e. The number of hydrogen-bond acceptors (Lipinski definition) is 7. The Bertz CT molecular complexity index is 1830. The van der Waals surface area contributed by atoms with Gasteiger partial charge in [-0.05, 0) is 61.0 Å². The second-order valence-corrected chi connectivity index (χ2v) is 9.70. The smallest absolute Gasteiger partial charge is 0.291 e. The monoisotopic (exact) mass is 493 g/mol. The summed E-state index contributed by atoms with van der Waals surface area (Å²) in [4.78, 5) is 18.2. The van der Waals surface area contributed by atoms with Crippen LogP contribution in [0.25, 0.3) is 39.6 Å². The van der Waals surface area contributed by atoms with E-state index >= 15 is 0 Å². The molecule has 0 saturated carbocycles. The highest BCUT2D eigenvalue weighted by Gasteiger charge is 2.21. The summed E-state index contributed by atoms with van der Waals surface area (Å²) in [6.45, 7) is 2.07. The normalized spacial score (nSPS) is 15.5. The van der Waals surface area contributed by atoms with Crippen molar-refractivity contribution in [3.63, 3.8) is 0 Å². The summed E-state index contributed by atoms with van der Waals surface area (Å²) in [6, 6.07) is 19.6. The molecule has 0 fully saturated rings. The van der Waals surface area contributed by atoms with E-state index in [4.69, 9.17) is 14.3 Å². The zero-order valence-electron chi connectivity index (χ0n) is 19.2. The predicted molar refractivity (Wildman–Crippen MR) is 136 cm³/mol. The maximum Gasteiger partial charge on any atom is 0.291 e. The molecular formula is C27H19N5O3S. The number of ether oxygens (including phenoxy) is 1. The van der Waals surface area contributed by atoms with Crippen LogP contribution < -0.4 is 14.8 Å². The zero-order valence-corrected chi connectivity index (χ0v) is 20.0. The number of hydrogen-bond donors (Lipinski definition) is 0. The molecule has 2 aromatic carbocycles. The first-order valence-corrected chi connectivity index (χ1v) is 12.3. The van der Waals surface area contributed by atoms with E-state index < -0.39 is 0 Å². The second kappa shape index (κ2) is 8.03. The van der Waals surface area contributed by atoms with Gasteiger partial charge in [0.15, 0.2) is 5.76 Å². The van der Waals surface area contributed by atoms with Gasteiger partial charge in [0.25, 0.3) is 5.56 Å². The van der Waals surface area contributed by atoms with Gasteiger partial charge in [-0.1, -0.05) is 29.5 Å². The van der Waals surface area contributed by atoms with Crippen LogP contribution in [0, 0.1) is 0 Å². The molecule has 0 N–H and O–H groups in total. The first-order chi connectivity index (χ1) is 17.6. The van der Waals surface area contributed by atoms with Crippen LogP contribution in [0.1, 0.15) is 18.1 Å². The molecule has 0 amide bonds. The summed E-state index contributed by atoms with van der Waals surface area (Å²) in [5, 5.41) is 9.26. The Labute approximate surface area is 208 Å². The number of furan rings is 1. The fourth-order valence-electron chi connectivity index (χ4n) is 4.48. The standard InChI is InChI=1S/C27H19N5O3S/c1-16-12-18-13-17(9-10-21(18)35-16)24-19(15-31(29-24)20-6-3-2-4-7-20)14-23-26(33)32-27(36-23)28-25(30-32)22-8-5-11-34-22/h2-11,13-16H,12H2,1H3/b23-14-/t16-/m1/s1. The highest BCUT2D eigenvalue weighted by atomic mass is 32.1. The van der Waals surface area contributed by atoms with Crippen molar-refractivity contribution in [3.05, 3.63) is 99.1 Å². The maximum atomic E-state index is 13.2. The second-order valence-electron chi connectivity index (χ2n) is 8.69. The van der Waals surface area contributed by atoms with Crippen LogP contribution in [-0.2, 0) is 6.42 Å². The van der Waals surface area contributed by atoms with Gasteiger partial charge < -0.3 is 9.15 Å². The van der Waals surface area contributed by atoms with Gasteiger partial charge in [0.2, 0.25) is 10.8 Å². The number of benzene rings is 2. The van der Waals surface area contributed by atoms with E-state index in [1.165, 1.54) is 15.9 Å². The van der Waals surface area contributed by atoms with Crippen LogP contribution in [0.3, 0.4) is 0 Å². The van der Waals surface area contributed by atoms with Gasteiger partial charge in [0, 0.05) is 23.7 Å². The molecule has 0 saturated heterocycles. The van der Waals surface area contributed by atoms with Crippen LogP contribution in [0.4, 0.5) is 0 Å². The average Bonchev–Trinajstić information content (AvgIpc) is 3.70. The summed E-state index contributed by atoms with van der Waals surface area (Å²) in [5.41, 5.74) is 4.46. The number of rotatable bonds is 4. The number of aromatic nitrogens is 5. The third kappa shape index (κ3) is 3.44. The van der Waals surface area contributed by atoms with E-state index in [0.29, 0.717) is 21.1 Å². The lowest BCUT2D eigenvalue weighted by Crippen LogP contribution is -2.23. The fraction of sp³-hybridized carbons (Fsp3) is 0.111. The van der Waals surface area contributed by atoms with Crippen molar-refractivity contribution < 1.29 is 9.15 Å². The van der Waals surface area contributed by atoms with Crippen molar-refractivity contribution in [2.75, 3.05) is 0 Å². The lowest BCUT2D eigenvalue weighted by Gasteiger charge is -2.04. The summed E-state index contributed by atoms with van der Waals surface area (Å²) in [7, 11) is 0. The van der Waals surface area contributed by atoms with E-state index in [1.54, 1.807) is 18.4 Å². The Morgan fingerprint density at radius 2 is 1.97 bits per heavy atom. The van der Waals surface area contributed by atoms with Crippen LogP contribution >= 0.6 is 11.3 Å². The van der Waals surface area contributed by atoms with Crippen molar-refractivity contribution >= 4 is 22.4 Å². The van der Waals surface area contributed by atoms with Crippen LogP contribution in [-0.4, -0.2) is 30.5 Å². The Morgan fingerprint density at radius 1 is 1.08 bits per heavy atom. The number of thiazole rings is 1. The SMILES string of the molecule is C[C@@H]1Cc2cc(-c3nn(-c4ccccc4)cc3/C=c3\sc4nc(-c5ccco5)nn4c3=O)ccc2O1. The first kappa shape index (κ1) is 20.8. The molecule has 9 heteroatoms. The Hall–Kier alpha value is -4.50. The minimum atomic E-state index is -0.227. The minimum absolute atomic E-state index is 0.159. The molecule has 7 rings (SSSR count). The molecule has 36 heavy (non-hydrogen) atoms. The molecule has 0 radical (unpaired) electrons. The molecule has 0 unspecified atom stereocenters. The largest absolute Gasteiger partial charge is 0.490 e. The van der Waals surface area contributed by atoms with Crippen molar-refractivity contribution in [1.29, 1.82) is 0 Å². The molecular weight excluding hydrogens is 474 g/mol. The molecule has 5 heterocycles. The van der Waals surface area contributed by atoms with Gasteiger partial charge in [0.05, 0.1) is 16.5 Å². The van der Waals surface area contributed by atoms with Crippen molar-refractivity contribution in [2.45, 2.75) is 19.4 Å². The van der Waals surface area contributed by atoms with E-state index in [1.807, 2.05) is 59.4 Å². The highest BCUT2D eigenvalue weighted by Crippen LogP contribution is 2.34. The molecule has 8 nitrogen and oxygen atoms in total. The summed E-state index contributed by atoms with van der Waals surface area (Å²) in [6.07, 6.45) is 6.38. The van der Waals surface area contributed by atoms with Gasteiger partial charge in [-0.2, -0.15) is 14.6 Å². The van der Waals surface area contributed by atoms with Crippen molar-refractivity contribution in [3.8, 4) is 34.3 Å². The summed E-state index contributed by atoms with van der Waals surface area (Å²) < 4.78 is 14.9. The average molecular weight is 494 g/mol. The Kier molecular flexibility index (Phi) is 4.65. The van der Waals surface area contributed by atoms with E-state index in [2.05, 4.69) is 23.1 Å². The van der Waals surface area contributed by atoms with E-state index in [-0.39, 0.29) is 11.7 Å². The lowest BCUT2D eigenvalue weighted by molar-refractivity contribution is 0.254. The fourth-order valence-corrected chi connectivity index (χ4v) is 5.38. The number of para-hydroxylation sites is 1. The number of fused-ring (bicyclic) bond motifs is 2. The molecule has 4 aromatic heterocycles. The van der Waals surface area contributed by atoms with Crippen LogP contribution in [0.15, 0.2) is 82.3 Å². The van der Waals surface area contributed by atoms with E-state index in [0.717, 1.165) is 40.2 Å². The molecule has 1 atom stereocenters. The Balaban J connectivity index is 1.38. The molecule has 0 aliphatic carbocycles. The molecule has 0 spiro atoms. The van der Waals surface area contributed by atoms with Crippen molar-refractivity contribution in [2.24, 2.45) is 0 Å². The predicted octanol–water partition coefficient (Wildman–Crippen LogP) is 4.13. The van der Waals surface area contributed by atoms with Crippen LogP contribution in [0.5, 0.6) is 5.75 Å². The van der Waals surface area contributed by atoms with Gasteiger partial charge in [-0.25, -0.2) is 4.68 Å². The third-order valence-electron chi connectivity index (χ3n) is 6.14. The molecule has 1 aliphatic heterocycles. The maximum absolute atomic E-state index is 13.2. The lowest BCUT2D eigenvalue weighted by atomic mass is 10.0. The topological polar surface area (TPSA) is 87.5 Å². The van der Waals surface area contributed by atoms with Crippen LogP contribution in [0.2, 0.25) is 0 Å². The van der Waals surface area contributed by atoms with Gasteiger partial charge >= 0.3 is 0 Å². The third-order valence-corrected chi connectivity index (χ3v) is 7.10. The zero-order chi connectivity index (χ0) is 24.2. The molecule has 0 bridgehead atoms. The van der Waals surface area contributed by atoms with Gasteiger partial charge in [0.1, 0.15) is 17.5 Å².